The Morgan fingerprint density at radius 1 is 1.25 bits per heavy atom. The molecule has 0 bridgehead atoms. The highest BCUT2D eigenvalue weighted by Gasteiger charge is 2.21. The number of para-hydroxylation sites is 1. The Kier molecular flexibility index (Phi) is 9.52. The normalized spacial score (nSPS) is 16.1. The Morgan fingerprint density at radius 2 is 2.00 bits per heavy atom. The summed E-state index contributed by atoms with van der Waals surface area (Å²) in [6.45, 7) is 7.58. The highest BCUT2D eigenvalue weighted by atomic mass is 16.5. The summed E-state index contributed by atoms with van der Waals surface area (Å²) in [7, 11) is 1.64. The van der Waals surface area contributed by atoms with Crippen LogP contribution in [0.2, 0.25) is 0 Å². The third-order valence-electron chi connectivity index (χ3n) is 5.84. The standard InChI is InChI=1S/C24H36N4O4/c1-3-4-8-20(29)16-27-12-14-28(15-13-27)17-23-26-21(18-32-23)24(30)25-11-10-19-7-5-6-9-22(19)31-2/h5-7,9,18,20,29H,3-4,8,10-17H2,1-2H3,(H,25,30)/t20-/m0/s1. The van der Waals surface area contributed by atoms with Crippen LogP contribution in [0.1, 0.15) is 48.1 Å². The van der Waals surface area contributed by atoms with Gasteiger partial charge in [-0.2, -0.15) is 0 Å². The highest BCUT2D eigenvalue weighted by Crippen LogP contribution is 2.17. The molecule has 0 spiro atoms. The topological polar surface area (TPSA) is 91.1 Å². The van der Waals surface area contributed by atoms with Crippen LogP contribution in [0.3, 0.4) is 0 Å². The Balaban J connectivity index is 1.38. The van der Waals surface area contributed by atoms with Crippen molar-refractivity contribution in [3.05, 3.63) is 47.7 Å². The fraction of sp³-hybridized carbons (Fsp3) is 0.583. The van der Waals surface area contributed by atoms with Gasteiger partial charge in [0.25, 0.3) is 5.91 Å². The Bertz CT molecular complexity index is 833. The van der Waals surface area contributed by atoms with Crippen LogP contribution < -0.4 is 10.1 Å². The first-order chi connectivity index (χ1) is 15.6. The van der Waals surface area contributed by atoms with E-state index in [0.717, 1.165) is 63.3 Å². The van der Waals surface area contributed by atoms with Gasteiger partial charge in [-0.05, 0) is 24.5 Å². The number of nitrogens with zero attached hydrogens (tertiary/aromatic N) is 3. The Labute approximate surface area is 190 Å². The molecule has 0 aliphatic carbocycles. The van der Waals surface area contributed by atoms with Crippen LogP contribution in [0, 0.1) is 0 Å². The molecule has 1 aliphatic rings. The van der Waals surface area contributed by atoms with Crippen molar-refractivity contribution >= 4 is 5.91 Å². The number of nitrogens with one attached hydrogen (secondary N) is 1. The molecule has 2 heterocycles. The number of benzene rings is 1. The van der Waals surface area contributed by atoms with Crippen LogP contribution in [-0.2, 0) is 13.0 Å². The number of aromatic nitrogens is 1. The van der Waals surface area contributed by atoms with Crippen LogP contribution in [-0.4, -0.2) is 78.3 Å². The minimum atomic E-state index is -0.239. The van der Waals surface area contributed by atoms with Crippen LogP contribution in [0.4, 0.5) is 0 Å². The molecule has 1 amide bonds. The Hall–Kier alpha value is -2.42. The van der Waals surface area contributed by atoms with E-state index < -0.39 is 0 Å². The Morgan fingerprint density at radius 3 is 2.75 bits per heavy atom. The third-order valence-corrected chi connectivity index (χ3v) is 5.84. The number of hydrogen-bond donors (Lipinski definition) is 2. The average molecular weight is 445 g/mol. The van der Waals surface area contributed by atoms with Crippen molar-refractivity contribution in [3.63, 3.8) is 0 Å². The van der Waals surface area contributed by atoms with E-state index in [2.05, 4.69) is 27.0 Å². The second kappa shape index (κ2) is 12.6. The van der Waals surface area contributed by atoms with Crippen molar-refractivity contribution in [1.29, 1.82) is 0 Å². The fourth-order valence-corrected chi connectivity index (χ4v) is 3.95. The van der Waals surface area contributed by atoms with Gasteiger partial charge in [0.1, 0.15) is 12.0 Å². The molecule has 1 atom stereocenters. The maximum absolute atomic E-state index is 12.4. The molecule has 1 fully saturated rings. The van der Waals surface area contributed by atoms with Gasteiger partial charge in [-0.1, -0.05) is 38.0 Å². The monoisotopic (exact) mass is 444 g/mol. The summed E-state index contributed by atoms with van der Waals surface area (Å²) in [5.74, 6) is 1.14. The number of oxazole rings is 1. The van der Waals surface area contributed by atoms with Gasteiger partial charge < -0.3 is 19.6 Å². The molecule has 8 nitrogen and oxygen atoms in total. The predicted octanol–water partition coefficient (Wildman–Crippen LogP) is 2.32. The van der Waals surface area contributed by atoms with Gasteiger partial charge in [0.2, 0.25) is 5.89 Å². The van der Waals surface area contributed by atoms with E-state index in [9.17, 15) is 9.90 Å². The molecule has 1 saturated heterocycles. The lowest BCUT2D eigenvalue weighted by atomic mass is 10.1. The quantitative estimate of drug-likeness (QED) is 0.519. The van der Waals surface area contributed by atoms with Gasteiger partial charge in [0, 0.05) is 39.3 Å². The summed E-state index contributed by atoms with van der Waals surface area (Å²) in [6, 6.07) is 7.78. The molecular weight excluding hydrogens is 408 g/mol. The van der Waals surface area contributed by atoms with E-state index in [-0.39, 0.29) is 12.0 Å². The number of hydrogen-bond acceptors (Lipinski definition) is 7. The molecule has 32 heavy (non-hydrogen) atoms. The average Bonchev–Trinajstić information content (AvgIpc) is 3.28. The maximum atomic E-state index is 12.4. The zero-order valence-corrected chi connectivity index (χ0v) is 19.3. The number of piperazine rings is 1. The molecule has 2 N–H and O–H groups in total. The summed E-state index contributed by atoms with van der Waals surface area (Å²) >= 11 is 0. The van der Waals surface area contributed by atoms with E-state index in [0.29, 0.717) is 31.1 Å². The number of ether oxygens (including phenoxy) is 1. The van der Waals surface area contributed by atoms with Crippen molar-refractivity contribution in [3.8, 4) is 5.75 Å². The number of aliphatic hydroxyl groups excluding tert-OH is 1. The lowest BCUT2D eigenvalue weighted by molar-refractivity contribution is 0.0627. The van der Waals surface area contributed by atoms with Crippen LogP contribution in [0.25, 0.3) is 0 Å². The molecule has 3 rings (SSSR count). The minimum absolute atomic E-state index is 0.235. The van der Waals surface area contributed by atoms with E-state index >= 15 is 0 Å². The van der Waals surface area contributed by atoms with Gasteiger partial charge in [0.05, 0.1) is 19.8 Å². The molecule has 1 aromatic carbocycles. The first-order valence-corrected chi connectivity index (χ1v) is 11.6. The first-order valence-electron chi connectivity index (χ1n) is 11.6. The fourth-order valence-electron chi connectivity index (χ4n) is 3.95. The van der Waals surface area contributed by atoms with Crippen molar-refractivity contribution in [2.75, 3.05) is 46.4 Å². The molecule has 176 valence electrons. The largest absolute Gasteiger partial charge is 0.496 e. The number of β-amino-alcohol motifs (C(OH)–C–C–N with tert-alkyl or cyclic N) is 1. The second-order valence-electron chi connectivity index (χ2n) is 8.32. The molecule has 1 aromatic heterocycles. The van der Waals surface area contributed by atoms with E-state index in [1.807, 2.05) is 24.3 Å². The lowest BCUT2D eigenvalue weighted by Crippen LogP contribution is -2.48. The van der Waals surface area contributed by atoms with Crippen molar-refractivity contribution < 1.29 is 19.1 Å². The minimum Gasteiger partial charge on any atom is -0.496 e. The SMILES string of the molecule is CCCC[C@H](O)CN1CCN(Cc2nc(C(=O)NCCc3ccccc3OC)co2)CC1. The van der Waals surface area contributed by atoms with Gasteiger partial charge in [0.15, 0.2) is 5.69 Å². The summed E-state index contributed by atoms with van der Waals surface area (Å²) in [5.41, 5.74) is 1.35. The van der Waals surface area contributed by atoms with Gasteiger partial charge in [-0.25, -0.2) is 4.98 Å². The van der Waals surface area contributed by atoms with E-state index in [1.165, 1.54) is 6.26 Å². The lowest BCUT2D eigenvalue weighted by Gasteiger charge is -2.35. The van der Waals surface area contributed by atoms with Gasteiger partial charge in [-0.15, -0.1) is 0 Å². The van der Waals surface area contributed by atoms with Gasteiger partial charge >= 0.3 is 0 Å². The zero-order chi connectivity index (χ0) is 22.8. The second-order valence-corrected chi connectivity index (χ2v) is 8.32. The molecule has 8 heteroatoms. The van der Waals surface area contributed by atoms with Crippen LogP contribution in [0.5, 0.6) is 5.75 Å². The number of methoxy groups -OCH3 is 1. The number of aliphatic hydroxyl groups is 1. The van der Waals surface area contributed by atoms with Crippen molar-refractivity contribution in [2.45, 2.75) is 45.3 Å². The molecule has 2 aromatic rings. The first kappa shape index (κ1) is 24.2. The van der Waals surface area contributed by atoms with E-state index in [1.54, 1.807) is 7.11 Å². The third kappa shape index (κ3) is 7.32. The number of carbonyl (C=O) groups is 1. The predicted molar refractivity (Wildman–Crippen MR) is 123 cm³/mol. The van der Waals surface area contributed by atoms with Crippen molar-refractivity contribution in [1.82, 2.24) is 20.1 Å². The molecule has 0 radical (unpaired) electrons. The molecule has 0 unspecified atom stereocenters. The number of rotatable bonds is 12. The van der Waals surface area contributed by atoms with E-state index in [4.69, 9.17) is 9.15 Å². The number of carbonyl (C=O) groups excluding carboxylic acids is 1. The van der Waals surface area contributed by atoms with Crippen molar-refractivity contribution in [2.24, 2.45) is 0 Å². The van der Waals surface area contributed by atoms with Gasteiger partial charge in [-0.3, -0.25) is 14.6 Å². The molecular formula is C24H36N4O4. The maximum Gasteiger partial charge on any atom is 0.273 e. The van der Waals surface area contributed by atoms with Crippen LogP contribution in [0.15, 0.2) is 34.9 Å². The zero-order valence-electron chi connectivity index (χ0n) is 19.3. The highest BCUT2D eigenvalue weighted by molar-refractivity contribution is 5.91. The summed E-state index contributed by atoms with van der Waals surface area (Å²) in [5, 5.41) is 13.0. The number of amides is 1. The number of unbranched alkanes of at least 4 members (excludes halogenated alkanes) is 1. The van der Waals surface area contributed by atoms with Crippen LogP contribution >= 0.6 is 0 Å². The summed E-state index contributed by atoms with van der Waals surface area (Å²) < 4.78 is 10.9. The summed E-state index contributed by atoms with van der Waals surface area (Å²) in [6.07, 6.45) is 4.92. The summed E-state index contributed by atoms with van der Waals surface area (Å²) in [4.78, 5) is 21.4. The molecule has 1 aliphatic heterocycles. The smallest absolute Gasteiger partial charge is 0.273 e. The molecule has 0 saturated carbocycles.